The van der Waals surface area contributed by atoms with Crippen molar-refractivity contribution < 1.29 is 24.1 Å². The molecule has 1 heterocycles. The molecule has 0 unspecified atom stereocenters. The van der Waals surface area contributed by atoms with Gasteiger partial charge in [-0.25, -0.2) is 9.82 Å². The number of thiophene rings is 1. The number of phenols is 2. The van der Waals surface area contributed by atoms with E-state index in [1.54, 1.807) is 23.6 Å². The Bertz CT molecular complexity index is 970. The number of phenolic OH excluding ortho intramolecular Hbond substituents is 2. The molecule has 0 bridgehead atoms. The monoisotopic (exact) mass is 386 g/mol. The summed E-state index contributed by atoms with van der Waals surface area (Å²) in [6, 6.07) is 11.7. The van der Waals surface area contributed by atoms with E-state index in [0.717, 1.165) is 5.56 Å². The van der Waals surface area contributed by atoms with Gasteiger partial charge in [0.15, 0.2) is 11.5 Å². The van der Waals surface area contributed by atoms with E-state index in [-0.39, 0.29) is 23.9 Å². The molecule has 0 radical (unpaired) electrons. The van der Waals surface area contributed by atoms with Gasteiger partial charge in [0.1, 0.15) is 23.1 Å². The smallest absolute Gasteiger partial charge is 0.285 e. The van der Waals surface area contributed by atoms with Gasteiger partial charge in [-0.3, -0.25) is 4.79 Å². The number of halogens is 1. The number of ether oxygens (including phenoxy) is 1. The predicted molar refractivity (Wildman–Crippen MR) is 99.9 cm³/mol. The highest BCUT2D eigenvalue weighted by Crippen LogP contribution is 2.26. The molecule has 0 saturated carbocycles. The van der Waals surface area contributed by atoms with Crippen LogP contribution in [0.5, 0.6) is 17.2 Å². The fraction of sp³-hybridized carbons (Fsp3) is 0.0526. The number of hydrogen-bond acceptors (Lipinski definition) is 6. The number of aromatic hydroxyl groups is 2. The van der Waals surface area contributed by atoms with Gasteiger partial charge in [0.25, 0.3) is 5.91 Å². The highest BCUT2D eigenvalue weighted by molar-refractivity contribution is 7.12. The Morgan fingerprint density at radius 2 is 1.93 bits per heavy atom. The van der Waals surface area contributed by atoms with Crippen LogP contribution in [0.3, 0.4) is 0 Å². The van der Waals surface area contributed by atoms with Gasteiger partial charge in [-0.05, 0) is 52.9 Å². The molecule has 1 aromatic heterocycles. The lowest BCUT2D eigenvalue weighted by molar-refractivity contribution is 0.0955. The van der Waals surface area contributed by atoms with Gasteiger partial charge in [0.05, 0.1) is 6.21 Å². The molecule has 3 rings (SSSR count). The average molecular weight is 386 g/mol. The van der Waals surface area contributed by atoms with E-state index >= 15 is 0 Å². The Hall–Kier alpha value is -3.39. The molecular weight excluding hydrogens is 371 g/mol. The highest BCUT2D eigenvalue weighted by atomic mass is 32.1. The lowest BCUT2D eigenvalue weighted by atomic mass is 10.2. The third-order valence-electron chi connectivity index (χ3n) is 3.52. The molecule has 8 heteroatoms. The van der Waals surface area contributed by atoms with Crippen LogP contribution in [0, 0.1) is 5.82 Å². The van der Waals surface area contributed by atoms with Crippen LogP contribution in [0.1, 0.15) is 20.8 Å². The van der Waals surface area contributed by atoms with Crippen molar-refractivity contribution >= 4 is 23.5 Å². The number of carbonyl (C=O) groups is 1. The minimum atomic E-state index is -0.446. The molecule has 0 atom stereocenters. The van der Waals surface area contributed by atoms with Crippen molar-refractivity contribution in [2.45, 2.75) is 6.61 Å². The molecule has 0 aliphatic heterocycles. The van der Waals surface area contributed by atoms with E-state index in [1.165, 1.54) is 47.9 Å². The Morgan fingerprint density at radius 3 is 2.67 bits per heavy atom. The molecule has 2 aromatic carbocycles. The number of benzene rings is 2. The molecule has 0 fully saturated rings. The summed E-state index contributed by atoms with van der Waals surface area (Å²) in [5.74, 6) is -0.885. The SMILES string of the molecule is O=C(N/N=C/c1ccc(O)c(O)c1)c1sccc1OCc1ccc(F)cc1. The van der Waals surface area contributed by atoms with Crippen LogP contribution in [0.4, 0.5) is 4.39 Å². The zero-order valence-corrected chi connectivity index (χ0v) is 14.7. The third kappa shape index (κ3) is 4.83. The van der Waals surface area contributed by atoms with Crippen molar-refractivity contribution in [3.63, 3.8) is 0 Å². The standard InChI is InChI=1S/C19H15FN2O4S/c20-14-4-1-12(2-5-14)11-26-17-7-8-27-18(17)19(25)22-21-10-13-3-6-15(23)16(24)9-13/h1-10,23-24H,11H2,(H,22,25)/b21-10+. The minimum absolute atomic E-state index is 0.202. The Kier molecular flexibility index (Phi) is 5.68. The van der Waals surface area contributed by atoms with Crippen molar-refractivity contribution in [1.29, 1.82) is 0 Å². The van der Waals surface area contributed by atoms with E-state index in [9.17, 15) is 19.4 Å². The lowest BCUT2D eigenvalue weighted by Gasteiger charge is -2.06. The summed E-state index contributed by atoms with van der Waals surface area (Å²) in [4.78, 5) is 12.6. The summed E-state index contributed by atoms with van der Waals surface area (Å²) in [6.45, 7) is 0.202. The zero-order valence-electron chi connectivity index (χ0n) is 13.9. The normalized spacial score (nSPS) is 10.9. The van der Waals surface area contributed by atoms with Gasteiger partial charge < -0.3 is 14.9 Å². The first-order valence-electron chi connectivity index (χ1n) is 7.83. The number of carbonyl (C=O) groups excluding carboxylic acids is 1. The second-order valence-corrected chi connectivity index (χ2v) is 6.39. The van der Waals surface area contributed by atoms with Crippen LogP contribution >= 0.6 is 11.3 Å². The van der Waals surface area contributed by atoms with Crippen molar-refractivity contribution in [2.24, 2.45) is 5.10 Å². The lowest BCUT2D eigenvalue weighted by Crippen LogP contribution is -2.17. The maximum Gasteiger partial charge on any atom is 0.285 e. The topological polar surface area (TPSA) is 91.2 Å². The average Bonchev–Trinajstić information content (AvgIpc) is 3.13. The molecule has 3 N–H and O–H groups in total. The summed E-state index contributed by atoms with van der Waals surface area (Å²) in [7, 11) is 0. The number of amides is 1. The maximum atomic E-state index is 12.9. The van der Waals surface area contributed by atoms with Crippen LogP contribution in [-0.4, -0.2) is 22.3 Å². The van der Waals surface area contributed by atoms with E-state index in [4.69, 9.17) is 4.74 Å². The quantitative estimate of drug-likeness (QED) is 0.343. The predicted octanol–water partition coefficient (Wildman–Crippen LogP) is 3.64. The van der Waals surface area contributed by atoms with Crippen molar-refractivity contribution in [1.82, 2.24) is 5.43 Å². The van der Waals surface area contributed by atoms with Crippen LogP contribution in [0.25, 0.3) is 0 Å². The fourth-order valence-corrected chi connectivity index (χ4v) is 2.88. The number of nitrogens with one attached hydrogen (secondary N) is 1. The van der Waals surface area contributed by atoms with Crippen LogP contribution in [-0.2, 0) is 6.61 Å². The first kappa shape index (κ1) is 18.4. The van der Waals surface area contributed by atoms with Crippen molar-refractivity contribution in [3.05, 3.63) is 75.7 Å². The summed E-state index contributed by atoms with van der Waals surface area (Å²) >= 11 is 1.20. The van der Waals surface area contributed by atoms with Crippen molar-refractivity contribution in [2.75, 3.05) is 0 Å². The molecule has 1 amide bonds. The van der Waals surface area contributed by atoms with E-state index < -0.39 is 5.91 Å². The minimum Gasteiger partial charge on any atom is -0.504 e. The first-order chi connectivity index (χ1) is 13.0. The van der Waals surface area contributed by atoms with Gasteiger partial charge in [-0.1, -0.05) is 12.1 Å². The molecular formula is C19H15FN2O4S. The second-order valence-electron chi connectivity index (χ2n) is 5.48. The third-order valence-corrected chi connectivity index (χ3v) is 4.42. The molecule has 6 nitrogen and oxygen atoms in total. The van der Waals surface area contributed by atoms with Gasteiger partial charge in [0.2, 0.25) is 0 Å². The van der Waals surface area contributed by atoms with Gasteiger partial charge >= 0.3 is 0 Å². The maximum absolute atomic E-state index is 12.9. The molecule has 0 saturated heterocycles. The molecule has 27 heavy (non-hydrogen) atoms. The van der Waals surface area contributed by atoms with Crippen LogP contribution < -0.4 is 10.2 Å². The van der Waals surface area contributed by atoms with Crippen molar-refractivity contribution in [3.8, 4) is 17.2 Å². The number of rotatable bonds is 6. The van der Waals surface area contributed by atoms with E-state index in [0.29, 0.717) is 16.2 Å². The van der Waals surface area contributed by atoms with Crippen LogP contribution in [0.15, 0.2) is 59.0 Å². The first-order valence-corrected chi connectivity index (χ1v) is 8.71. The molecule has 3 aromatic rings. The summed E-state index contributed by atoms with van der Waals surface area (Å²) in [6.07, 6.45) is 1.34. The summed E-state index contributed by atoms with van der Waals surface area (Å²) < 4.78 is 18.6. The Balaban J connectivity index is 1.60. The van der Waals surface area contributed by atoms with E-state index in [2.05, 4.69) is 10.5 Å². The number of hydrazone groups is 1. The van der Waals surface area contributed by atoms with E-state index in [1.807, 2.05) is 0 Å². The highest BCUT2D eigenvalue weighted by Gasteiger charge is 2.14. The Morgan fingerprint density at radius 1 is 1.15 bits per heavy atom. The largest absolute Gasteiger partial charge is 0.504 e. The number of nitrogens with zero attached hydrogens (tertiary/aromatic N) is 1. The fourth-order valence-electron chi connectivity index (χ4n) is 2.16. The molecule has 0 spiro atoms. The van der Waals surface area contributed by atoms with Gasteiger partial charge in [0, 0.05) is 0 Å². The molecule has 138 valence electrons. The second kappa shape index (κ2) is 8.33. The van der Waals surface area contributed by atoms with Gasteiger partial charge in [-0.15, -0.1) is 11.3 Å². The van der Waals surface area contributed by atoms with Gasteiger partial charge in [-0.2, -0.15) is 5.10 Å². The molecule has 0 aliphatic carbocycles. The molecule has 0 aliphatic rings. The number of hydrogen-bond donors (Lipinski definition) is 3. The summed E-state index contributed by atoms with van der Waals surface area (Å²) in [5.41, 5.74) is 3.66. The Labute approximate surface area is 158 Å². The summed E-state index contributed by atoms with van der Waals surface area (Å²) in [5, 5.41) is 24.2. The van der Waals surface area contributed by atoms with Crippen LogP contribution in [0.2, 0.25) is 0 Å². The zero-order chi connectivity index (χ0) is 19.2.